The smallest absolute Gasteiger partial charge is 0.271 e. The van der Waals surface area contributed by atoms with Crippen molar-refractivity contribution >= 4 is 17.3 Å². The van der Waals surface area contributed by atoms with Crippen molar-refractivity contribution in [3.05, 3.63) is 46.5 Å². The van der Waals surface area contributed by atoms with Gasteiger partial charge in [0.05, 0.1) is 4.92 Å². The van der Waals surface area contributed by atoms with Crippen molar-refractivity contribution in [2.24, 2.45) is 17.8 Å². The van der Waals surface area contributed by atoms with E-state index in [1.807, 2.05) is 0 Å². The number of nitro benzene ring substituents is 1. The predicted molar refractivity (Wildman–Crippen MR) is 75.2 cm³/mol. The number of anilines is 1. The molecule has 0 aromatic heterocycles. The summed E-state index contributed by atoms with van der Waals surface area (Å²) in [5.74, 6) is 0.808. The molecule has 0 spiro atoms. The number of nitrogens with one attached hydrogen (secondary N) is 1. The molecular formula is C15H16N2O3. The van der Waals surface area contributed by atoms with Crippen LogP contribution in [0.5, 0.6) is 0 Å². The standard InChI is InChI=1S/C15H16N2O3/c18-15(14-8-10-4-6-11(14)7-5-10)16-12-2-1-3-13(9-12)17(19)20/h1-4,6,9-11,14H,5,7-8H2,(H,16,18)/t10-,11-,14-/m0/s1. The zero-order valence-electron chi connectivity index (χ0n) is 11.0. The number of allylic oxidation sites excluding steroid dienone is 2. The number of hydrogen-bond donors (Lipinski definition) is 1. The molecule has 20 heavy (non-hydrogen) atoms. The molecule has 1 amide bonds. The van der Waals surface area contributed by atoms with E-state index in [4.69, 9.17) is 0 Å². The number of fused-ring (bicyclic) bond motifs is 2. The predicted octanol–water partition coefficient (Wildman–Crippen LogP) is 3.14. The topological polar surface area (TPSA) is 72.2 Å². The number of non-ortho nitro benzene ring substituents is 1. The zero-order chi connectivity index (χ0) is 14.1. The maximum atomic E-state index is 12.3. The first-order valence-electron chi connectivity index (χ1n) is 6.87. The van der Waals surface area contributed by atoms with E-state index in [0.717, 1.165) is 12.8 Å². The normalized spacial score (nSPS) is 27.3. The quantitative estimate of drug-likeness (QED) is 0.522. The highest BCUT2D eigenvalue weighted by Gasteiger charge is 2.36. The average Bonchev–Trinajstić information content (AvgIpc) is 2.48. The maximum absolute atomic E-state index is 12.3. The van der Waals surface area contributed by atoms with Crippen LogP contribution in [0.25, 0.3) is 0 Å². The Morgan fingerprint density at radius 3 is 2.75 bits per heavy atom. The average molecular weight is 272 g/mol. The fraction of sp³-hybridized carbons (Fsp3) is 0.400. The van der Waals surface area contributed by atoms with Gasteiger partial charge in [-0.15, -0.1) is 0 Å². The lowest BCUT2D eigenvalue weighted by molar-refractivity contribution is -0.384. The van der Waals surface area contributed by atoms with Crippen molar-refractivity contribution in [1.82, 2.24) is 0 Å². The summed E-state index contributed by atoms with van der Waals surface area (Å²) < 4.78 is 0. The SMILES string of the molecule is O=C(Nc1cccc([N+](=O)[O-])c1)[C@H]1C[C@H]2C=C[C@H]1CC2. The summed E-state index contributed by atoms with van der Waals surface area (Å²) in [6, 6.07) is 6.08. The Hall–Kier alpha value is -2.17. The molecule has 0 heterocycles. The molecule has 1 aromatic rings. The third kappa shape index (κ3) is 2.43. The fourth-order valence-corrected chi connectivity index (χ4v) is 3.17. The third-order valence-electron chi connectivity index (χ3n) is 4.24. The van der Waals surface area contributed by atoms with Crippen LogP contribution in [-0.4, -0.2) is 10.8 Å². The van der Waals surface area contributed by atoms with Crippen LogP contribution in [0.4, 0.5) is 11.4 Å². The number of carbonyl (C=O) groups excluding carboxylic acids is 1. The molecule has 4 rings (SSSR count). The first kappa shape index (κ1) is 12.8. The number of rotatable bonds is 3. The van der Waals surface area contributed by atoms with E-state index >= 15 is 0 Å². The van der Waals surface area contributed by atoms with Crippen LogP contribution in [0.1, 0.15) is 19.3 Å². The summed E-state index contributed by atoms with van der Waals surface area (Å²) >= 11 is 0. The molecule has 0 unspecified atom stereocenters. The van der Waals surface area contributed by atoms with Gasteiger partial charge >= 0.3 is 0 Å². The summed E-state index contributed by atoms with van der Waals surface area (Å²) in [5.41, 5.74) is 0.488. The molecule has 1 N–H and O–H groups in total. The van der Waals surface area contributed by atoms with Crippen LogP contribution in [-0.2, 0) is 4.79 Å². The number of nitro groups is 1. The Morgan fingerprint density at radius 2 is 2.15 bits per heavy atom. The molecule has 1 aromatic carbocycles. The van der Waals surface area contributed by atoms with E-state index < -0.39 is 4.92 Å². The van der Waals surface area contributed by atoms with Gasteiger partial charge < -0.3 is 5.32 Å². The molecule has 104 valence electrons. The Morgan fingerprint density at radius 1 is 1.30 bits per heavy atom. The molecule has 0 saturated heterocycles. The second-order valence-corrected chi connectivity index (χ2v) is 5.53. The number of benzene rings is 1. The fourth-order valence-electron chi connectivity index (χ4n) is 3.17. The highest BCUT2D eigenvalue weighted by molar-refractivity contribution is 5.93. The second kappa shape index (κ2) is 5.07. The molecular weight excluding hydrogens is 256 g/mol. The maximum Gasteiger partial charge on any atom is 0.271 e. The molecule has 5 nitrogen and oxygen atoms in total. The van der Waals surface area contributed by atoms with Gasteiger partial charge in [0.25, 0.3) is 5.69 Å². The lowest BCUT2D eigenvalue weighted by Crippen LogP contribution is -2.36. The highest BCUT2D eigenvalue weighted by atomic mass is 16.6. The van der Waals surface area contributed by atoms with E-state index in [-0.39, 0.29) is 17.5 Å². The molecule has 3 aliphatic rings. The lowest BCUT2D eigenvalue weighted by atomic mass is 9.69. The van der Waals surface area contributed by atoms with Crippen LogP contribution >= 0.6 is 0 Å². The minimum Gasteiger partial charge on any atom is -0.326 e. The first-order chi connectivity index (χ1) is 9.63. The Bertz CT molecular complexity index is 582. The Kier molecular flexibility index (Phi) is 3.26. The van der Waals surface area contributed by atoms with Gasteiger partial charge in [0, 0.05) is 23.7 Å². The van der Waals surface area contributed by atoms with Gasteiger partial charge in [-0.1, -0.05) is 18.2 Å². The van der Waals surface area contributed by atoms with Gasteiger partial charge in [0.2, 0.25) is 5.91 Å². The monoisotopic (exact) mass is 272 g/mol. The van der Waals surface area contributed by atoms with Gasteiger partial charge in [-0.25, -0.2) is 0 Å². The highest BCUT2D eigenvalue weighted by Crippen LogP contribution is 2.40. The Labute approximate surface area is 116 Å². The van der Waals surface area contributed by atoms with Crippen molar-refractivity contribution in [3.8, 4) is 0 Å². The van der Waals surface area contributed by atoms with Crippen molar-refractivity contribution in [1.29, 1.82) is 0 Å². The van der Waals surface area contributed by atoms with E-state index in [9.17, 15) is 14.9 Å². The van der Waals surface area contributed by atoms with Crippen molar-refractivity contribution < 1.29 is 9.72 Å². The van der Waals surface area contributed by atoms with Crippen molar-refractivity contribution in [2.75, 3.05) is 5.32 Å². The van der Waals surface area contributed by atoms with Gasteiger partial charge in [0.1, 0.15) is 0 Å². The first-order valence-corrected chi connectivity index (χ1v) is 6.87. The van der Waals surface area contributed by atoms with E-state index in [2.05, 4.69) is 17.5 Å². The number of carbonyl (C=O) groups is 1. The number of amides is 1. The summed E-state index contributed by atoms with van der Waals surface area (Å²) in [5, 5.41) is 13.5. The number of nitrogens with zero attached hydrogens (tertiary/aromatic N) is 1. The summed E-state index contributed by atoms with van der Waals surface area (Å²) in [7, 11) is 0. The van der Waals surface area contributed by atoms with Gasteiger partial charge in [-0.3, -0.25) is 14.9 Å². The van der Waals surface area contributed by atoms with E-state index in [0.29, 0.717) is 17.5 Å². The van der Waals surface area contributed by atoms with Gasteiger partial charge in [-0.2, -0.15) is 0 Å². The van der Waals surface area contributed by atoms with Crippen LogP contribution in [0.15, 0.2) is 36.4 Å². The van der Waals surface area contributed by atoms with Crippen LogP contribution in [0.3, 0.4) is 0 Å². The van der Waals surface area contributed by atoms with Gasteiger partial charge in [0.15, 0.2) is 0 Å². The van der Waals surface area contributed by atoms with Crippen LogP contribution < -0.4 is 5.32 Å². The third-order valence-corrected chi connectivity index (χ3v) is 4.24. The zero-order valence-corrected chi connectivity index (χ0v) is 11.0. The molecule has 2 bridgehead atoms. The molecule has 3 atom stereocenters. The summed E-state index contributed by atoms with van der Waals surface area (Å²) in [6.45, 7) is 0. The molecule has 1 fully saturated rings. The molecule has 0 aliphatic heterocycles. The molecule has 3 aliphatic carbocycles. The molecule has 1 saturated carbocycles. The molecule has 0 radical (unpaired) electrons. The van der Waals surface area contributed by atoms with Crippen molar-refractivity contribution in [2.45, 2.75) is 19.3 Å². The van der Waals surface area contributed by atoms with E-state index in [1.165, 1.54) is 18.6 Å². The second-order valence-electron chi connectivity index (χ2n) is 5.53. The minimum absolute atomic E-state index is 0.00184. The van der Waals surface area contributed by atoms with E-state index in [1.54, 1.807) is 12.1 Å². The van der Waals surface area contributed by atoms with Crippen LogP contribution in [0, 0.1) is 27.9 Å². The Balaban J connectivity index is 1.72. The minimum atomic E-state index is -0.457. The molecule has 5 heteroatoms. The largest absolute Gasteiger partial charge is 0.326 e. The van der Waals surface area contributed by atoms with Gasteiger partial charge in [-0.05, 0) is 37.2 Å². The summed E-state index contributed by atoms with van der Waals surface area (Å²) in [4.78, 5) is 22.6. The van der Waals surface area contributed by atoms with Crippen LogP contribution in [0.2, 0.25) is 0 Å². The summed E-state index contributed by atoms with van der Waals surface area (Å²) in [6.07, 6.45) is 7.48. The lowest BCUT2D eigenvalue weighted by Gasteiger charge is -2.36. The van der Waals surface area contributed by atoms with Crippen molar-refractivity contribution in [3.63, 3.8) is 0 Å². The number of hydrogen-bond acceptors (Lipinski definition) is 3.